The molecule has 1 amide bonds. The molecule has 1 aromatic carbocycles. The molecular weight excluding hydrogens is 335 g/mol. The molecule has 0 bridgehead atoms. The van der Waals surface area contributed by atoms with Crippen LogP contribution in [-0.4, -0.2) is 33.0 Å². The van der Waals surface area contributed by atoms with Crippen molar-refractivity contribution < 1.29 is 18.0 Å². The second-order valence-corrected chi connectivity index (χ2v) is 5.64. The molecule has 2 aromatic heterocycles. The number of carbonyl (C=O) groups excluding carboxylic acids is 1. The maximum Gasteiger partial charge on any atom is 0.262 e. The third-order valence-corrected chi connectivity index (χ3v) is 3.45. The third kappa shape index (κ3) is 3.70. The molecule has 3 N–H and O–H groups in total. The summed E-state index contributed by atoms with van der Waals surface area (Å²) in [5.74, 6) is -4.66. The van der Waals surface area contributed by atoms with Gasteiger partial charge in [-0.3, -0.25) is 4.79 Å². The van der Waals surface area contributed by atoms with E-state index in [1.807, 2.05) is 5.32 Å². The number of nitrogen functional groups attached to an aromatic ring is 1. The summed E-state index contributed by atoms with van der Waals surface area (Å²) in [5.41, 5.74) is 6.87. The number of anilines is 1. The zero-order chi connectivity index (χ0) is 18.2. The van der Waals surface area contributed by atoms with E-state index in [4.69, 9.17) is 5.73 Å². The molecule has 6 nitrogen and oxygen atoms in total. The lowest BCUT2D eigenvalue weighted by Crippen LogP contribution is -2.34. The van der Waals surface area contributed by atoms with Crippen LogP contribution in [0, 0.1) is 5.82 Å². The van der Waals surface area contributed by atoms with Crippen LogP contribution in [0.2, 0.25) is 0 Å². The molecule has 9 heteroatoms. The van der Waals surface area contributed by atoms with Crippen molar-refractivity contribution >= 4 is 17.5 Å². The van der Waals surface area contributed by atoms with Gasteiger partial charge in [0.25, 0.3) is 11.8 Å². The number of rotatable bonds is 4. The van der Waals surface area contributed by atoms with Crippen molar-refractivity contribution in [2.24, 2.45) is 0 Å². The van der Waals surface area contributed by atoms with E-state index in [-0.39, 0.29) is 11.5 Å². The summed E-state index contributed by atoms with van der Waals surface area (Å²) >= 11 is 0. The Morgan fingerprint density at radius 3 is 2.68 bits per heavy atom. The van der Waals surface area contributed by atoms with E-state index in [0.29, 0.717) is 23.7 Å². The number of nitrogens with zero attached hydrogens (tertiary/aromatic N) is 3. The van der Waals surface area contributed by atoms with Crippen LogP contribution in [0.15, 0.2) is 36.5 Å². The Morgan fingerprint density at radius 2 is 2.00 bits per heavy atom. The molecule has 0 fully saturated rings. The number of pyridine rings is 1. The number of alkyl halides is 2. The monoisotopic (exact) mass is 349 g/mol. The Labute approximate surface area is 140 Å². The van der Waals surface area contributed by atoms with Gasteiger partial charge in [-0.15, -0.1) is 5.10 Å². The highest BCUT2D eigenvalue weighted by molar-refractivity contribution is 5.95. The van der Waals surface area contributed by atoms with Crippen LogP contribution in [0.25, 0.3) is 16.8 Å². The highest BCUT2D eigenvalue weighted by Gasteiger charge is 2.23. The number of nitrogens with two attached hydrogens (primary N) is 1. The summed E-state index contributed by atoms with van der Waals surface area (Å²) in [6.07, 6.45) is 1.62. The number of amides is 1. The summed E-state index contributed by atoms with van der Waals surface area (Å²) in [4.78, 5) is 15.8. The standard InChI is InChI=1S/C16H14F3N5O/c1-16(18,19)8-21-14(25)11-4-2-9(6-12(11)17)10-3-5-13-22-15(20)23-24(13)7-10/h2-7H,8H2,1H3,(H2,20,23)(H,21,25). The minimum absolute atomic E-state index is 0.114. The SMILES string of the molecule is CC(F)(F)CNC(=O)c1ccc(-c2ccc3nc(N)nn3c2)cc1F. The number of carbonyl (C=O) groups is 1. The van der Waals surface area contributed by atoms with Crippen LogP contribution in [0.4, 0.5) is 19.1 Å². The van der Waals surface area contributed by atoms with Gasteiger partial charge in [0.2, 0.25) is 5.95 Å². The van der Waals surface area contributed by atoms with Crippen LogP contribution in [0.5, 0.6) is 0 Å². The maximum atomic E-state index is 14.2. The zero-order valence-electron chi connectivity index (χ0n) is 13.1. The van der Waals surface area contributed by atoms with E-state index in [1.54, 1.807) is 18.3 Å². The molecule has 0 aliphatic carbocycles. The van der Waals surface area contributed by atoms with Gasteiger partial charge >= 0.3 is 0 Å². The minimum atomic E-state index is -3.07. The van der Waals surface area contributed by atoms with Crippen molar-refractivity contribution in [2.45, 2.75) is 12.8 Å². The van der Waals surface area contributed by atoms with Crippen LogP contribution in [0.1, 0.15) is 17.3 Å². The fourth-order valence-electron chi connectivity index (χ4n) is 2.28. The van der Waals surface area contributed by atoms with E-state index in [9.17, 15) is 18.0 Å². The fourth-order valence-corrected chi connectivity index (χ4v) is 2.28. The number of hydrogen-bond donors (Lipinski definition) is 2. The normalized spacial score (nSPS) is 11.7. The molecule has 25 heavy (non-hydrogen) atoms. The number of aromatic nitrogens is 3. The molecule has 0 radical (unpaired) electrons. The van der Waals surface area contributed by atoms with Crippen LogP contribution >= 0.6 is 0 Å². The Hall–Kier alpha value is -3.10. The minimum Gasteiger partial charge on any atom is -0.366 e. The smallest absolute Gasteiger partial charge is 0.262 e. The van der Waals surface area contributed by atoms with Gasteiger partial charge in [0, 0.05) is 18.7 Å². The molecular formula is C16H14F3N5O. The van der Waals surface area contributed by atoms with E-state index in [2.05, 4.69) is 10.1 Å². The third-order valence-electron chi connectivity index (χ3n) is 3.45. The van der Waals surface area contributed by atoms with Gasteiger partial charge in [0.1, 0.15) is 5.82 Å². The van der Waals surface area contributed by atoms with Crippen molar-refractivity contribution in [3.8, 4) is 11.1 Å². The molecule has 0 unspecified atom stereocenters. The van der Waals surface area contributed by atoms with Gasteiger partial charge in [-0.25, -0.2) is 17.7 Å². The lowest BCUT2D eigenvalue weighted by Gasteiger charge is -2.12. The molecule has 3 aromatic rings. The fraction of sp³-hybridized carbons (Fsp3) is 0.188. The first-order chi connectivity index (χ1) is 11.7. The summed E-state index contributed by atoms with van der Waals surface area (Å²) in [5, 5.41) is 5.97. The predicted octanol–water partition coefficient (Wildman–Crippen LogP) is 2.50. The quantitative estimate of drug-likeness (QED) is 0.758. The largest absolute Gasteiger partial charge is 0.366 e. The number of benzene rings is 1. The Bertz CT molecular complexity index is 949. The van der Waals surface area contributed by atoms with E-state index in [0.717, 1.165) is 6.07 Å². The van der Waals surface area contributed by atoms with Crippen LogP contribution < -0.4 is 11.1 Å². The van der Waals surface area contributed by atoms with Gasteiger partial charge in [-0.05, 0) is 29.8 Å². The number of nitrogens with one attached hydrogen (secondary N) is 1. The molecule has 0 saturated heterocycles. The van der Waals surface area contributed by atoms with E-state index in [1.165, 1.54) is 16.6 Å². The Morgan fingerprint density at radius 1 is 1.28 bits per heavy atom. The topological polar surface area (TPSA) is 85.3 Å². The van der Waals surface area contributed by atoms with Crippen LogP contribution in [0.3, 0.4) is 0 Å². The molecule has 0 aliphatic heterocycles. The van der Waals surface area contributed by atoms with Gasteiger partial charge < -0.3 is 11.1 Å². The van der Waals surface area contributed by atoms with Gasteiger partial charge in [-0.1, -0.05) is 6.07 Å². The summed E-state index contributed by atoms with van der Waals surface area (Å²) in [6, 6.07) is 7.29. The Balaban J connectivity index is 1.86. The first kappa shape index (κ1) is 16.7. The Kier molecular flexibility index (Phi) is 4.07. The van der Waals surface area contributed by atoms with Gasteiger partial charge in [-0.2, -0.15) is 4.98 Å². The molecule has 0 spiro atoms. The zero-order valence-corrected chi connectivity index (χ0v) is 13.1. The molecule has 130 valence electrons. The summed E-state index contributed by atoms with van der Waals surface area (Å²) in [7, 11) is 0. The molecule has 0 saturated carbocycles. The second-order valence-electron chi connectivity index (χ2n) is 5.64. The summed E-state index contributed by atoms with van der Waals surface area (Å²) in [6.45, 7) is -0.197. The summed E-state index contributed by atoms with van der Waals surface area (Å²) < 4.78 is 41.2. The van der Waals surface area contributed by atoms with Crippen molar-refractivity contribution in [3.63, 3.8) is 0 Å². The average molecular weight is 349 g/mol. The lowest BCUT2D eigenvalue weighted by atomic mass is 10.0. The van der Waals surface area contributed by atoms with Gasteiger partial charge in [0.15, 0.2) is 5.65 Å². The number of hydrogen-bond acceptors (Lipinski definition) is 4. The van der Waals surface area contributed by atoms with Crippen molar-refractivity contribution in [1.29, 1.82) is 0 Å². The molecule has 2 heterocycles. The highest BCUT2D eigenvalue weighted by atomic mass is 19.3. The number of halogens is 3. The lowest BCUT2D eigenvalue weighted by molar-refractivity contribution is 0.0220. The van der Waals surface area contributed by atoms with Gasteiger partial charge in [0.05, 0.1) is 12.1 Å². The average Bonchev–Trinajstić information content (AvgIpc) is 2.90. The van der Waals surface area contributed by atoms with Crippen molar-refractivity contribution in [1.82, 2.24) is 19.9 Å². The van der Waals surface area contributed by atoms with Crippen molar-refractivity contribution in [2.75, 3.05) is 12.3 Å². The van der Waals surface area contributed by atoms with E-state index >= 15 is 0 Å². The highest BCUT2D eigenvalue weighted by Crippen LogP contribution is 2.23. The van der Waals surface area contributed by atoms with Crippen LogP contribution in [-0.2, 0) is 0 Å². The first-order valence-corrected chi connectivity index (χ1v) is 7.31. The predicted molar refractivity (Wildman–Crippen MR) is 85.7 cm³/mol. The first-order valence-electron chi connectivity index (χ1n) is 7.31. The molecule has 0 atom stereocenters. The molecule has 0 aliphatic rings. The second kappa shape index (κ2) is 6.08. The molecule has 3 rings (SSSR count). The number of fused-ring (bicyclic) bond motifs is 1. The van der Waals surface area contributed by atoms with Crippen molar-refractivity contribution in [3.05, 3.63) is 47.9 Å². The maximum absolute atomic E-state index is 14.2. The van der Waals surface area contributed by atoms with E-state index < -0.39 is 24.2 Å².